The highest BCUT2D eigenvalue weighted by Crippen LogP contribution is 2.14. The maximum atomic E-state index is 11.5. The smallest absolute Gasteiger partial charge is 0.334 e. The predicted molar refractivity (Wildman–Crippen MR) is 65.2 cm³/mol. The Bertz CT molecular complexity index is 311. The molecular formula is C11H21N3O4. The lowest BCUT2D eigenvalue weighted by Gasteiger charge is -2.35. The van der Waals surface area contributed by atoms with Crippen LogP contribution in [0.15, 0.2) is 0 Å². The number of carbonyl (C=O) groups excluding carboxylic acids is 1. The Hall–Kier alpha value is -1.34. The number of piperidine rings is 1. The molecule has 7 nitrogen and oxygen atoms in total. The molecule has 2 amide bonds. The number of carboxylic acids is 1. The van der Waals surface area contributed by atoms with Gasteiger partial charge >= 0.3 is 12.0 Å². The third kappa shape index (κ3) is 4.50. The molecule has 1 saturated heterocycles. The summed E-state index contributed by atoms with van der Waals surface area (Å²) in [6.45, 7) is 3.62. The summed E-state index contributed by atoms with van der Waals surface area (Å²) < 4.78 is 0. The van der Waals surface area contributed by atoms with Gasteiger partial charge in [0.25, 0.3) is 0 Å². The SMILES string of the molecule is CC1CN(C)CCC1NC(=O)NCC(O)C(=O)O. The van der Waals surface area contributed by atoms with Gasteiger partial charge in [0.15, 0.2) is 6.10 Å². The maximum absolute atomic E-state index is 11.5. The van der Waals surface area contributed by atoms with E-state index in [2.05, 4.69) is 22.5 Å². The first kappa shape index (κ1) is 14.7. The highest BCUT2D eigenvalue weighted by molar-refractivity contribution is 5.76. The van der Waals surface area contributed by atoms with Crippen molar-refractivity contribution >= 4 is 12.0 Å². The van der Waals surface area contributed by atoms with Gasteiger partial charge in [0, 0.05) is 12.6 Å². The Morgan fingerprint density at radius 2 is 2.17 bits per heavy atom. The number of carbonyl (C=O) groups is 2. The second-order valence-electron chi connectivity index (χ2n) is 4.84. The number of hydrogen-bond acceptors (Lipinski definition) is 4. The van der Waals surface area contributed by atoms with Gasteiger partial charge in [-0.1, -0.05) is 6.92 Å². The van der Waals surface area contributed by atoms with Gasteiger partial charge in [0.2, 0.25) is 0 Å². The van der Waals surface area contributed by atoms with Gasteiger partial charge in [-0.05, 0) is 25.9 Å². The molecule has 1 fully saturated rings. The van der Waals surface area contributed by atoms with Crippen LogP contribution in [0, 0.1) is 5.92 Å². The summed E-state index contributed by atoms with van der Waals surface area (Å²) in [4.78, 5) is 24.1. The fourth-order valence-electron chi connectivity index (χ4n) is 2.06. The first-order valence-corrected chi connectivity index (χ1v) is 6.04. The van der Waals surface area contributed by atoms with Crippen LogP contribution in [0.4, 0.5) is 4.79 Å². The van der Waals surface area contributed by atoms with Crippen LogP contribution in [-0.2, 0) is 4.79 Å². The summed E-state index contributed by atoms with van der Waals surface area (Å²) in [6.07, 6.45) is -0.697. The van der Waals surface area contributed by atoms with Crippen LogP contribution in [-0.4, -0.2) is 65.9 Å². The average molecular weight is 259 g/mol. The van der Waals surface area contributed by atoms with Crippen molar-refractivity contribution in [2.45, 2.75) is 25.5 Å². The van der Waals surface area contributed by atoms with Crippen molar-refractivity contribution in [2.24, 2.45) is 5.92 Å². The third-order valence-electron chi connectivity index (χ3n) is 3.17. The first-order chi connectivity index (χ1) is 8.40. The van der Waals surface area contributed by atoms with Crippen LogP contribution in [0.2, 0.25) is 0 Å². The molecule has 0 aromatic rings. The van der Waals surface area contributed by atoms with Gasteiger partial charge in [0.05, 0.1) is 6.54 Å². The molecule has 0 saturated carbocycles. The van der Waals surface area contributed by atoms with Crippen LogP contribution in [0.3, 0.4) is 0 Å². The molecule has 7 heteroatoms. The van der Waals surface area contributed by atoms with Crippen molar-refractivity contribution in [1.29, 1.82) is 0 Å². The summed E-state index contributed by atoms with van der Waals surface area (Å²) in [5.74, 6) is -0.998. The molecule has 0 aromatic carbocycles. The van der Waals surface area contributed by atoms with Crippen LogP contribution in [0.25, 0.3) is 0 Å². The minimum absolute atomic E-state index is 0.0863. The number of urea groups is 1. The second kappa shape index (κ2) is 6.55. The molecule has 3 atom stereocenters. The van der Waals surface area contributed by atoms with E-state index in [0.29, 0.717) is 5.92 Å². The monoisotopic (exact) mass is 259 g/mol. The number of nitrogens with one attached hydrogen (secondary N) is 2. The lowest BCUT2D eigenvalue weighted by molar-refractivity contribution is -0.146. The van der Waals surface area contributed by atoms with E-state index in [1.807, 2.05) is 7.05 Å². The van der Waals surface area contributed by atoms with Crippen molar-refractivity contribution in [3.8, 4) is 0 Å². The summed E-state index contributed by atoms with van der Waals surface area (Å²) in [6, 6.07) is -0.347. The van der Waals surface area contributed by atoms with Gasteiger partial charge in [-0.25, -0.2) is 9.59 Å². The summed E-state index contributed by atoms with van der Waals surface area (Å²) in [7, 11) is 2.04. The van der Waals surface area contributed by atoms with Crippen molar-refractivity contribution in [3.63, 3.8) is 0 Å². The highest BCUT2D eigenvalue weighted by atomic mass is 16.4. The Morgan fingerprint density at radius 3 is 2.72 bits per heavy atom. The minimum atomic E-state index is -1.56. The number of rotatable bonds is 4. The molecule has 1 aliphatic heterocycles. The van der Waals surface area contributed by atoms with Gasteiger partial charge in [0.1, 0.15) is 0 Å². The van der Waals surface area contributed by atoms with E-state index < -0.39 is 18.1 Å². The van der Waals surface area contributed by atoms with Gasteiger partial charge in [-0.15, -0.1) is 0 Å². The van der Waals surface area contributed by atoms with E-state index in [9.17, 15) is 9.59 Å². The van der Waals surface area contributed by atoms with E-state index in [-0.39, 0.29) is 12.6 Å². The molecule has 1 aliphatic rings. The Kier molecular flexibility index (Phi) is 5.36. The number of aliphatic hydroxyl groups excluding tert-OH is 1. The van der Waals surface area contributed by atoms with Crippen molar-refractivity contribution in [3.05, 3.63) is 0 Å². The molecule has 104 valence electrons. The Labute approximate surface area is 106 Å². The number of carboxylic acid groups (broad SMARTS) is 1. The molecule has 0 spiro atoms. The Balaban J connectivity index is 2.29. The maximum Gasteiger partial charge on any atom is 0.334 e. The molecule has 1 rings (SSSR count). The largest absolute Gasteiger partial charge is 0.479 e. The van der Waals surface area contributed by atoms with E-state index in [0.717, 1.165) is 19.5 Å². The van der Waals surface area contributed by atoms with Gasteiger partial charge < -0.3 is 25.7 Å². The number of amides is 2. The van der Waals surface area contributed by atoms with Crippen molar-refractivity contribution in [2.75, 3.05) is 26.7 Å². The fourth-order valence-corrected chi connectivity index (χ4v) is 2.06. The molecule has 0 radical (unpaired) electrons. The molecule has 0 aliphatic carbocycles. The first-order valence-electron chi connectivity index (χ1n) is 6.04. The fraction of sp³-hybridized carbons (Fsp3) is 0.818. The third-order valence-corrected chi connectivity index (χ3v) is 3.17. The number of aliphatic hydroxyl groups is 1. The van der Waals surface area contributed by atoms with Gasteiger partial charge in [-0.3, -0.25) is 0 Å². The molecular weight excluding hydrogens is 238 g/mol. The van der Waals surface area contributed by atoms with E-state index >= 15 is 0 Å². The predicted octanol–water partition coefficient (Wildman–Crippen LogP) is -0.929. The zero-order valence-corrected chi connectivity index (χ0v) is 10.7. The van der Waals surface area contributed by atoms with Crippen LogP contribution >= 0.6 is 0 Å². The highest BCUT2D eigenvalue weighted by Gasteiger charge is 2.25. The van der Waals surface area contributed by atoms with Crippen molar-refractivity contribution in [1.82, 2.24) is 15.5 Å². The van der Waals surface area contributed by atoms with Crippen LogP contribution in [0.1, 0.15) is 13.3 Å². The molecule has 1 heterocycles. The van der Waals surface area contributed by atoms with Crippen LogP contribution in [0.5, 0.6) is 0 Å². The molecule has 3 unspecified atom stereocenters. The summed E-state index contributed by atoms with van der Waals surface area (Å²) >= 11 is 0. The number of likely N-dealkylation sites (tertiary alicyclic amines) is 1. The summed E-state index contributed by atoms with van der Waals surface area (Å²) in [5.41, 5.74) is 0. The van der Waals surface area contributed by atoms with Crippen molar-refractivity contribution < 1.29 is 19.8 Å². The lowest BCUT2D eigenvalue weighted by Crippen LogP contribution is -2.52. The molecule has 18 heavy (non-hydrogen) atoms. The zero-order chi connectivity index (χ0) is 13.7. The number of aliphatic carboxylic acids is 1. The summed E-state index contributed by atoms with van der Waals surface area (Å²) in [5, 5.41) is 22.6. The van der Waals surface area contributed by atoms with E-state index in [1.165, 1.54) is 0 Å². The second-order valence-corrected chi connectivity index (χ2v) is 4.84. The number of nitrogens with zero attached hydrogens (tertiary/aromatic N) is 1. The molecule has 0 bridgehead atoms. The lowest BCUT2D eigenvalue weighted by atomic mass is 9.94. The molecule has 0 aromatic heterocycles. The van der Waals surface area contributed by atoms with Gasteiger partial charge in [-0.2, -0.15) is 0 Å². The van der Waals surface area contributed by atoms with E-state index in [4.69, 9.17) is 10.2 Å². The molecule has 4 N–H and O–H groups in total. The zero-order valence-electron chi connectivity index (χ0n) is 10.7. The van der Waals surface area contributed by atoms with E-state index in [1.54, 1.807) is 0 Å². The number of hydrogen-bond donors (Lipinski definition) is 4. The normalized spacial score (nSPS) is 26.4. The standard InChI is InChI=1S/C11H21N3O4/c1-7-6-14(2)4-3-8(7)13-11(18)12-5-9(15)10(16)17/h7-9,15H,3-6H2,1-2H3,(H,16,17)(H2,12,13,18). The minimum Gasteiger partial charge on any atom is -0.479 e. The Morgan fingerprint density at radius 1 is 1.50 bits per heavy atom. The average Bonchev–Trinajstić information content (AvgIpc) is 2.29. The quantitative estimate of drug-likeness (QED) is 0.522. The van der Waals surface area contributed by atoms with Crippen LogP contribution < -0.4 is 10.6 Å². The topological polar surface area (TPSA) is 102 Å².